The number of amides is 1. The third kappa shape index (κ3) is 5.75. The van der Waals surface area contributed by atoms with Crippen molar-refractivity contribution in [2.24, 2.45) is 0 Å². The van der Waals surface area contributed by atoms with Crippen molar-refractivity contribution in [3.63, 3.8) is 0 Å². The molecule has 0 aliphatic rings. The van der Waals surface area contributed by atoms with Crippen LogP contribution < -0.4 is 5.32 Å². The molecular weight excluding hydrogens is 444 g/mol. The van der Waals surface area contributed by atoms with Gasteiger partial charge >= 0.3 is 12.6 Å². The van der Waals surface area contributed by atoms with E-state index in [0.717, 1.165) is 27.8 Å². The maximum Gasteiger partial charge on any atom is 0.412 e. The number of anilines is 1. The molecule has 7 heteroatoms. The summed E-state index contributed by atoms with van der Waals surface area (Å²) in [6.07, 6.45) is 1.30. The summed E-state index contributed by atoms with van der Waals surface area (Å²) in [7, 11) is 0. The van der Waals surface area contributed by atoms with E-state index in [-0.39, 0.29) is 6.47 Å². The van der Waals surface area contributed by atoms with Gasteiger partial charge in [-0.15, -0.1) is 0 Å². The van der Waals surface area contributed by atoms with Gasteiger partial charge in [-0.2, -0.15) is 0 Å². The van der Waals surface area contributed by atoms with Crippen LogP contribution in [0.1, 0.15) is 29.8 Å². The maximum absolute atomic E-state index is 12.5. The predicted octanol–water partition coefficient (Wildman–Crippen LogP) is 6.11. The zero-order chi connectivity index (χ0) is 24.6. The molecule has 1 aromatic heterocycles. The Labute approximate surface area is 202 Å². The Balaban J connectivity index is 1.47. The molecule has 0 bridgehead atoms. The smallest absolute Gasteiger partial charge is 0.412 e. The number of ether oxygens (including phenoxy) is 2. The minimum Gasteiger partial charge on any atom is -0.441 e. The van der Waals surface area contributed by atoms with Crippen LogP contribution in [0.5, 0.6) is 0 Å². The van der Waals surface area contributed by atoms with Gasteiger partial charge in [-0.3, -0.25) is 10.1 Å². The number of nitrogens with one attached hydrogen (secondary N) is 1. The number of aromatic nitrogens is 1. The van der Waals surface area contributed by atoms with Gasteiger partial charge in [0.2, 0.25) is 0 Å². The lowest BCUT2D eigenvalue weighted by Gasteiger charge is -2.14. The second-order valence-electron chi connectivity index (χ2n) is 7.65. The third-order valence-electron chi connectivity index (χ3n) is 5.31. The van der Waals surface area contributed by atoms with Crippen LogP contribution in [0.4, 0.5) is 10.5 Å². The average molecular weight is 466 g/mol. The second-order valence-corrected chi connectivity index (χ2v) is 7.65. The minimum atomic E-state index is -0.591. The molecule has 1 amide bonds. The van der Waals surface area contributed by atoms with E-state index < -0.39 is 12.2 Å². The highest BCUT2D eigenvalue weighted by atomic mass is 16.6. The standard InChI is InChI=1S/C28H22N2O5/c1-19-26(29-28(32)34-20(2)22-6-4-3-5-7-22)27(35-30-19)25-14-12-24(13-15-25)23-10-8-21(9-11-23)16-17-33-18-31/h3-15,18,20H,1-2H3,(H,29,32). The van der Waals surface area contributed by atoms with E-state index in [2.05, 4.69) is 27.2 Å². The van der Waals surface area contributed by atoms with Crippen molar-refractivity contribution >= 4 is 18.3 Å². The van der Waals surface area contributed by atoms with E-state index >= 15 is 0 Å². The van der Waals surface area contributed by atoms with E-state index in [1.165, 1.54) is 0 Å². The van der Waals surface area contributed by atoms with E-state index in [0.29, 0.717) is 17.1 Å². The number of nitrogens with zero attached hydrogens (tertiary/aromatic N) is 1. The van der Waals surface area contributed by atoms with Gasteiger partial charge in [0.1, 0.15) is 23.6 Å². The fourth-order valence-electron chi connectivity index (χ4n) is 3.47. The van der Waals surface area contributed by atoms with E-state index in [9.17, 15) is 9.59 Å². The molecule has 0 spiro atoms. The summed E-state index contributed by atoms with van der Waals surface area (Å²) in [5.74, 6) is 3.18. The van der Waals surface area contributed by atoms with Gasteiger partial charge in [-0.1, -0.05) is 71.9 Å². The normalized spacial score (nSPS) is 11.0. The summed E-state index contributed by atoms with van der Waals surface area (Å²) in [6, 6.07) is 24.7. The van der Waals surface area contributed by atoms with Crippen molar-refractivity contribution in [2.45, 2.75) is 20.0 Å². The largest absolute Gasteiger partial charge is 0.441 e. The highest BCUT2D eigenvalue weighted by molar-refractivity contribution is 5.91. The highest BCUT2D eigenvalue weighted by Gasteiger charge is 2.20. The first-order chi connectivity index (χ1) is 17.0. The summed E-state index contributed by atoms with van der Waals surface area (Å²) in [4.78, 5) is 22.7. The van der Waals surface area contributed by atoms with E-state index in [4.69, 9.17) is 9.26 Å². The molecule has 174 valence electrons. The number of benzene rings is 3. The molecule has 1 N–H and O–H groups in total. The third-order valence-corrected chi connectivity index (χ3v) is 5.31. The molecule has 0 saturated carbocycles. The van der Waals surface area contributed by atoms with Crippen LogP contribution in [0.2, 0.25) is 0 Å². The summed E-state index contributed by atoms with van der Waals surface area (Å²) in [6.45, 7) is 3.85. The van der Waals surface area contributed by atoms with Crippen LogP contribution in [0.15, 0.2) is 83.4 Å². The summed E-state index contributed by atoms with van der Waals surface area (Å²) < 4.78 is 15.4. The predicted molar refractivity (Wildman–Crippen MR) is 131 cm³/mol. The Morgan fingerprint density at radius 3 is 2.26 bits per heavy atom. The van der Waals surface area contributed by atoms with Crippen molar-refractivity contribution < 1.29 is 23.6 Å². The van der Waals surface area contributed by atoms with Crippen LogP contribution in [0.25, 0.3) is 22.5 Å². The van der Waals surface area contributed by atoms with Crippen LogP contribution in [0, 0.1) is 19.0 Å². The molecule has 35 heavy (non-hydrogen) atoms. The monoisotopic (exact) mass is 466 g/mol. The van der Waals surface area contributed by atoms with Crippen molar-refractivity contribution in [2.75, 3.05) is 5.32 Å². The summed E-state index contributed by atoms with van der Waals surface area (Å²) >= 11 is 0. The molecule has 4 aromatic rings. The molecular formula is C28H22N2O5. The molecule has 0 aliphatic heterocycles. The number of carbonyl (C=O) groups is 2. The molecule has 0 saturated heterocycles. The lowest BCUT2D eigenvalue weighted by molar-refractivity contribution is -0.122. The van der Waals surface area contributed by atoms with Crippen molar-refractivity contribution in [1.29, 1.82) is 0 Å². The van der Waals surface area contributed by atoms with Crippen LogP contribution in [-0.4, -0.2) is 17.7 Å². The van der Waals surface area contributed by atoms with Crippen molar-refractivity contribution in [3.8, 4) is 34.5 Å². The highest BCUT2D eigenvalue weighted by Crippen LogP contribution is 2.33. The lowest BCUT2D eigenvalue weighted by atomic mass is 10.0. The average Bonchev–Trinajstić information content (AvgIpc) is 3.25. The zero-order valence-electron chi connectivity index (χ0n) is 19.1. The van der Waals surface area contributed by atoms with Crippen molar-refractivity contribution in [1.82, 2.24) is 5.16 Å². The van der Waals surface area contributed by atoms with Gasteiger partial charge in [0.25, 0.3) is 0 Å². The van der Waals surface area contributed by atoms with Crippen LogP contribution >= 0.6 is 0 Å². The van der Waals surface area contributed by atoms with Gasteiger partial charge < -0.3 is 14.0 Å². The van der Waals surface area contributed by atoms with Gasteiger partial charge in [0.05, 0.1) is 0 Å². The van der Waals surface area contributed by atoms with E-state index in [1.54, 1.807) is 6.92 Å². The number of hydrogen-bond acceptors (Lipinski definition) is 6. The molecule has 1 unspecified atom stereocenters. The Bertz CT molecular complexity index is 1370. The van der Waals surface area contributed by atoms with E-state index in [1.807, 2.05) is 85.8 Å². The molecule has 0 fully saturated rings. The number of carbonyl (C=O) groups excluding carboxylic acids is 2. The first-order valence-corrected chi connectivity index (χ1v) is 10.8. The second kappa shape index (κ2) is 10.9. The lowest BCUT2D eigenvalue weighted by Crippen LogP contribution is -2.16. The molecule has 1 heterocycles. The first-order valence-electron chi connectivity index (χ1n) is 10.8. The fourth-order valence-corrected chi connectivity index (χ4v) is 3.47. The number of rotatable bonds is 6. The van der Waals surface area contributed by atoms with Gasteiger partial charge in [0.15, 0.2) is 5.76 Å². The van der Waals surface area contributed by atoms with Crippen LogP contribution in [0.3, 0.4) is 0 Å². The number of aryl methyl sites for hydroxylation is 1. The topological polar surface area (TPSA) is 90.7 Å². The maximum atomic E-state index is 12.5. The first kappa shape index (κ1) is 23.3. The van der Waals surface area contributed by atoms with Crippen LogP contribution in [-0.2, 0) is 14.3 Å². The fraction of sp³-hybridized carbons (Fsp3) is 0.107. The molecule has 3 aromatic carbocycles. The molecule has 4 rings (SSSR count). The van der Waals surface area contributed by atoms with Gasteiger partial charge in [-0.05, 0) is 48.6 Å². The molecule has 0 radical (unpaired) electrons. The molecule has 1 atom stereocenters. The Kier molecular flexibility index (Phi) is 7.24. The number of hydrogen-bond donors (Lipinski definition) is 1. The van der Waals surface area contributed by atoms with Gasteiger partial charge in [-0.25, -0.2) is 4.79 Å². The Morgan fingerprint density at radius 1 is 0.971 bits per heavy atom. The minimum absolute atomic E-state index is 0.286. The SMILES string of the molecule is Cc1noc(-c2ccc(-c3ccc(C#COC=O)cc3)cc2)c1NC(=O)OC(C)c1ccccc1. The Hall–Kier alpha value is -4.83. The summed E-state index contributed by atoms with van der Waals surface area (Å²) in [5, 5.41) is 6.78. The zero-order valence-corrected chi connectivity index (χ0v) is 19.1. The quantitative estimate of drug-likeness (QED) is 0.272. The molecule has 0 aliphatic carbocycles. The molecule has 7 nitrogen and oxygen atoms in total. The van der Waals surface area contributed by atoms with Gasteiger partial charge in [0, 0.05) is 11.1 Å². The Morgan fingerprint density at radius 2 is 1.60 bits per heavy atom. The summed E-state index contributed by atoms with van der Waals surface area (Å²) in [5.41, 5.74) is 5.37. The van der Waals surface area contributed by atoms with Crippen molar-refractivity contribution in [3.05, 3.63) is 95.7 Å².